The molecule has 0 spiro atoms. The van der Waals surface area contributed by atoms with Crippen molar-refractivity contribution in [3.63, 3.8) is 0 Å². The fraction of sp³-hybridized carbons (Fsp3) is 0.467. The molecule has 0 aliphatic carbocycles. The maximum Gasteiger partial charge on any atom is 0.213 e. The van der Waals surface area contributed by atoms with Gasteiger partial charge in [-0.25, -0.2) is 18.4 Å². The first kappa shape index (κ1) is 30.1. The number of halogens is 1. The number of ether oxygens (including phenoxy) is 2. The molecule has 0 bridgehead atoms. The predicted molar refractivity (Wildman–Crippen MR) is 172 cm³/mol. The smallest absolute Gasteiger partial charge is 0.213 e. The number of nitrogens with zero attached hydrogens (tertiary/aromatic N) is 5. The van der Waals surface area contributed by atoms with Crippen LogP contribution in [0.2, 0.25) is 0 Å². The number of sulfonamides is 1. The average molecular weight is 673 g/mol. The minimum atomic E-state index is -3.21. The largest absolute Gasteiger partial charge is 0.492 e. The summed E-state index contributed by atoms with van der Waals surface area (Å²) in [5.74, 6) is 1.69. The van der Waals surface area contributed by atoms with Gasteiger partial charge in [-0.05, 0) is 73.5 Å². The van der Waals surface area contributed by atoms with Gasteiger partial charge in [0.15, 0.2) is 5.65 Å². The van der Waals surface area contributed by atoms with Gasteiger partial charge in [-0.15, -0.1) is 0 Å². The van der Waals surface area contributed by atoms with Crippen molar-refractivity contribution in [3.05, 3.63) is 52.4 Å². The number of aromatic amines is 1. The highest BCUT2D eigenvalue weighted by molar-refractivity contribution is 9.10. The molecule has 2 N–H and O–H groups in total. The molecule has 13 heteroatoms. The molecule has 3 aromatic heterocycles. The molecule has 5 heterocycles. The maximum atomic E-state index is 12.4. The van der Waals surface area contributed by atoms with Gasteiger partial charge in [-0.1, -0.05) is 0 Å². The number of nitrogens with one attached hydrogen (secondary N) is 2. The number of fused-ring (bicyclic) bond motifs is 1. The lowest BCUT2D eigenvalue weighted by molar-refractivity contribution is 0.0322. The number of aryl methyl sites for hydroxylation is 1. The quantitative estimate of drug-likeness (QED) is 0.256. The number of rotatable bonds is 10. The number of aromatic nitrogens is 4. The lowest BCUT2D eigenvalue weighted by Crippen LogP contribution is -2.38. The van der Waals surface area contributed by atoms with Gasteiger partial charge in [-0.3, -0.25) is 4.90 Å². The van der Waals surface area contributed by atoms with Crippen LogP contribution in [0.4, 0.5) is 5.69 Å². The molecule has 2 saturated heterocycles. The summed E-state index contributed by atoms with van der Waals surface area (Å²) in [5, 5.41) is 3.55. The highest BCUT2D eigenvalue weighted by Crippen LogP contribution is 2.34. The molecule has 1 aromatic carbocycles. The maximum absolute atomic E-state index is 12.4. The molecule has 2 aliphatic rings. The fourth-order valence-corrected chi connectivity index (χ4v) is 7.47. The van der Waals surface area contributed by atoms with E-state index < -0.39 is 10.0 Å². The average Bonchev–Trinajstić information content (AvgIpc) is 3.73. The molecule has 2 aliphatic heterocycles. The first-order valence-electron chi connectivity index (χ1n) is 14.7. The third kappa shape index (κ3) is 6.32. The van der Waals surface area contributed by atoms with E-state index in [4.69, 9.17) is 14.5 Å². The summed E-state index contributed by atoms with van der Waals surface area (Å²) < 4.78 is 40.7. The zero-order chi connectivity index (χ0) is 30.1. The van der Waals surface area contributed by atoms with Crippen molar-refractivity contribution < 1.29 is 17.9 Å². The van der Waals surface area contributed by atoms with Crippen molar-refractivity contribution in [3.8, 4) is 22.8 Å². The number of morpholine rings is 1. The number of hydrogen-bond acceptors (Lipinski definition) is 8. The lowest BCUT2D eigenvalue weighted by atomic mass is 10.2. The topological polar surface area (TPSA) is 118 Å². The van der Waals surface area contributed by atoms with Crippen molar-refractivity contribution in [2.45, 2.75) is 33.2 Å². The minimum absolute atomic E-state index is 0.00800. The summed E-state index contributed by atoms with van der Waals surface area (Å²) in [6.45, 7) is 11.8. The van der Waals surface area contributed by atoms with E-state index in [0.29, 0.717) is 25.3 Å². The number of imidazole rings is 1. The molecule has 0 unspecified atom stereocenters. The van der Waals surface area contributed by atoms with Crippen molar-refractivity contribution in [2.24, 2.45) is 0 Å². The zero-order valence-corrected chi connectivity index (χ0v) is 27.2. The summed E-state index contributed by atoms with van der Waals surface area (Å²) in [6.07, 6.45) is 2.47. The van der Waals surface area contributed by atoms with Crippen LogP contribution in [0.15, 0.2) is 41.0 Å². The van der Waals surface area contributed by atoms with E-state index in [1.165, 1.54) is 0 Å². The molecular weight excluding hydrogens is 634 g/mol. The Labute approximate surface area is 260 Å². The van der Waals surface area contributed by atoms with Gasteiger partial charge in [-0.2, -0.15) is 4.31 Å². The van der Waals surface area contributed by atoms with E-state index in [1.54, 1.807) is 17.4 Å². The molecule has 230 valence electrons. The monoisotopic (exact) mass is 671 g/mol. The van der Waals surface area contributed by atoms with Gasteiger partial charge in [0, 0.05) is 67.6 Å². The van der Waals surface area contributed by atoms with Crippen LogP contribution in [-0.4, -0.2) is 101 Å². The van der Waals surface area contributed by atoms with Gasteiger partial charge in [0.25, 0.3) is 0 Å². The minimum Gasteiger partial charge on any atom is -0.492 e. The van der Waals surface area contributed by atoms with Crippen LogP contribution < -0.4 is 10.1 Å². The second kappa shape index (κ2) is 12.6. The number of pyridine rings is 1. The fourth-order valence-electron chi connectivity index (χ4n) is 5.90. The van der Waals surface area contributed by atoms with E-state index >= 15 is 0 Å². The highest BCUT2D eigenvalue weighted by atomic mass is 79.9. The molecule has 0 radical (unpaired) electrons. The molecule has 4 aromatic rings. The Balaban J connectivity index is 1.19. The Bertz CT molecular complexity index is 1700. The molecule has 1 atom stereocenters. The molecule has 0 amide bonds. The number of H-pyrrole nitrogens is 1. The van der Waals surface area contributed by atoms with Gasteiger partial charge >= 0.3 is 0 Å². The first-order valence-corrected chi connectivity index (χ1v) is 17.1. The normalized spacial score (nSPS) is 18.5. The van der Waals surface area contributed by atoms with Gasteiger partial charge in [0.2, 0.25) is 10.0 Å². The second-order valence-corrected chi connectivity index (χ2v) is 14.2. The first-order chi connectivity index (χ1) is 20.7. The van der Waals surface area contributed by atoms with Crippen LogP contribution >= 0.6 is 15.9 Å². The SMILES string of the molecule is CCS(=O)(=O)N1CC[C@H](Nc2c(Br)cnc3nc(-c4cc(C)n(-c5ccc(OCCN6CCOCC6)cc5)c4C)[nH]c23)C1. The third-order valence-electron chi connectivity index (χ3n) is 8.29. The Kier molecular flexibility index (Phi) is 8.79. The standard InChI is InChI=1S/C30H38BrN7O4S/c1-4-43(39,40)37-10-9-22(19-37)33-27-26(31)18-32-30-28(27)34-29(35-30)25-17-20(2)38(21(25)3)23-5-7-24(8-6-23)42-16-13-36-11-14-41-15-12-36/h5-8,17-18,22H,4,9-16,19H2,1-3H3,(H2,32,33,34,35)/t22-/m0/s1. The molecule has 43 heavy (non-hydrogen) atoms. The Morgan fingerprint density at radius 2 is 1.93 bits per heavy atom. The summed E-state index contributed by atoms with van der Waals surface area (Å²) in [5.41, 5.74) is 6.40. The Morgan fingerprint density at radius 1 is 1.16 bits per heavy atom. The molecule has 2 fully saturated rings. The third-order valence-corrected chi connectivity index (χ3v) is 10.7. The van der Waals surface area contributed by atoms with Crippen molar-refractivity contribution in [2.75, 3.05) is 63.6 Å². The summed E-state index contributed by atoms with van der Waals surface area (Å²) in [7, 11) is -3.21. The van der Waals surface area contributed by atoms with Crippen LogP contribution in [0.3, 0.4) is 0 Å². The van der Waals surface area contributed by atoms with Crippen molar-refractivity contribution in [1.82, 2.24) is 28.7 Å². The summed E-state index contributed by atoms with van der Waals surface area (Å²) in [6, 6.07) is 10.3. The Morgan fingerprint density at radius 3 is 2.67 bits per heavy atom. The number of anilines is 1. The predicted octanol–water partition coefficient (Wildman–Crippen LogP) is 4.34. The van der Waals surface area contributed by atoms with Crippen molar-refractivity contribution in [1.29, 1.82) is 0 Å². The lowest BCUT2D eigenvalue weighted by Gasteiger charge is -2.26. The van der Waals surface area contributed by atoms with Gasteiger partial charge in [0.1, 0.15) is 23.7 Å². The van der Waals surface area contributed by atoms with Crippen LogP contribution in [0.5, 0.6) is 5.75 Å². The van der Waals surface area contributed by atoms with Crippen LogP contribution in [0.25, 0.3) is 28.2 Å². The van der Waals surface area contributed by atoms with Crippen LogP contribution in [0.1, 0.15) is 24.7 Å². The van der Waals surface area contributed by atoms with Gasteiger partial charge in [0.05, 0.1) is 29.1 Å². The van der Waals surface area contributed by atoms with Crippen LogP contribution in [-0.2, 0) is 14.8 Å². The zero-order valence-electron chi connectivity index (χ0n) is 24.8. The molecule has 0 saturated carbocycles. The summed E-state index contributed by atoms with van der Waals surface area (Å²) >= 11 is 3.63. The number of hydrogen-bond donors (Lipinski definition) is 2. The molecule has 11 nitrogen and oxygen atoms in total. The van der Waals surface area contributed by atoms with Gasteiger partial charge < -0.3 is 24.3 Å². The van der Waals surface area contributed by atoms with E-state index in [1.807, 2.05) is 12.1 Å². The van der Waals surface area contributed by atoms with E-state index in [9.17, 15) is 8.42 Å². The van der Waals surface area contributed by atoms with E-state index in [2.05, 4.69) is 72.7 Å². The second-order valence-electron chi connectivity index (χ2n) is 11.1. The molecule has 6 rings (SSSR count). The van der Waals surface area contributed by atoms with E-state index in [-0.39, 0.29) is 11.8 Å². The Hall–Kier alpha value is -2.97. The summed E-state index contributed by atoms with van der Waals surface area (Å²) in [4.78, 5) is 15.2. The van der Waals surface area contributed by atoms with Crippen molar-refractivity contribution >= 4 is 42.8 Å². The highest BCUT2D eigenvalue weighted by Gasteiger charge is 2.31. The van der Waals surface area contributed by atoms with E-state index in [0.717, 1.165) is 89.2 Å². The number of benzene rings is 1. The van der Waals surface area contributed by atoms with Crippen LogP contribution in [0, 0.1) is 13.8 Å². The molecular formula is C30H38BrN7O4S.